The lowest BCUT2D eigenvalue weighted by Gasteiger charge is -2.04. The fourth-order valence-corrected chi connectivity index (χ4v) is 3.01. The molecule has 0 fully saturated rings. The Morgan fingerprint density at radius 3 is 2.80 bits per heavy atom. The van der Waals surface area contributed by atoms with Crippen LogP contribution in [0.4, 0.5) is 0 Å². The maximum absolute atomic E-state index is 12.2. The molecule has 0 spiro atoms. The number of aryl methyl sites for hydroxylation is 2. The standard InChI is InChI=1S/C15H21N3OS/c1-5-6-14-17-12(9-20-14)8-16-15(19)13-7-10(2)18(4)11(13)3/h7,9H,5-6,8H2,1-4H3,(H,16,19). The molecule has 0 aliphatic rings. The number of carbonyl (C=O) groups excluding carboxylic acids is 1. The van der Waals surface area contributed by atoms with E-state index >= 15 is 0 Å². The van der Waals surface area contributed by atoms with E-state index in [1.54, 1.807) is 11.3 Å². The second-order valence-electron chi connectivity index (χ2n) is 5.01. The van der Waals surface area contributed by atoms with E-state index < -0.39 is 0 Å². The molecule has 0 aliphatic carbocycles. The van der Waals surface area contributed by atoms with E-state index in [0.717, 1.165) is 40.5 Å². The molecule has 0 radical (unpaired) electrons. The molecule has 1 amide bonds. The van der Waals surface area contributed by atoms with Crippen molar-refractivity contribution in [2.24, 2.45) is 7.05 Å². The summed E-state index contributed by atoms with van der Waals surface area (Å²) in [7, 11) is 1.97. The van der Waals surface area contributed by atoms with Gasteiger partial charge in [0.1, 0.15) is 0 Å². The summed E-state index contributed by atoms with van der Waals surface area (Å²) in [5, 5.41) is 6.11. The third-order valence-electron chi connectivity index (χ3n) is 3.51. The van der Waals surface area contributed by atoms with Gasteiger partial charge in [0.25, 0.3) is 5.91 Å². The largest absolute Gasteiger partial charge is 0.351 e. The molecule has 0 saturated carbocycles. The second kappa shape index (κ2) is 6.22. The van der Waals surface area contributed by atoms with Gasteiger partial charge in [0.2, 0.25) is 0 Å². The molecule has 0 aromatic carbocycles. The summed E-state index contributed by atoms with van der Waals surface area (Å²) < 4.78 is 2.02. The molecule has 2 heterocycles. The lowest BCUT2D eigenvalue weighted by Crippen LogP contribution is -2.23. The van der Waals surface area contributed by atoms with Gasteiger partial charge in [0.05, 0.1) is 22.8 Å². The first-order chi connectivity index (χ1) is 9.52. The van der Waals surface area contributed by atoms with Gasteiger partial charge in [-0.1, -0.05) is 6.92 Å². The van der Waals surface area contributed by atoms with Crippen LogP contribution in [0.3, 0.4) is 0 Å². The average Bonchev–Trinajstić information content (AvgIpc) is 2.97. The minimum atomic E-state index is -0.0313. The fourth-order valence-electron chi connectivity index (χ4n) is 2.11. The van der Waals surface area contributed by atoms with Crippen molar-refractivity contribution in [2.75, 3.05) is 0 Å². The Morgan fingerprint density at radius 2 is 2.20 bits per heavy atom. The molecule has 0 unspecified atom stereocenters. The van der Waals surface area contributed by atoms with E-state index in [1.807, 2.05) is 36.9 Å². The predicted molar refractivity (Wildman–Crippen MR) is 82.2 cm³/mol. The zero-order valence-electron chi connectivity index (χ0n) is 12.5. The summed E-state index contributed by atoms with van der Waals surface area (Å²) >= 11 is 1.66. The number of carbonyl (C=O) groups is 1. The van der Waals surface area contributed by atoms with Gasteiger partial charge in [-0.2, -0.15) is 0 Å². The van der Waals surface area contributed by atoms with Crippen LogP contribution < -0.4 is 5.32 Å². The Morgan fingerprint density at radius 1 is 1.45 bits per heavy atom. The highest BCUT2D eigenvalue weighted by atomic mass is 32.1. The first kappa shape index (κ1) is 14.8. The molecule has 0 aliphatic heterocycles. The molecule has 0 saturated heterocycles. The van der Waals surface area contributed by atoms with Crippen molar-refractivity contribution < 1.29 is 4.79 Å². The Balaban J connectivity index is 1.99. The number of nitrogens with one attached hydrogen (secondary N) is 1. The number of amides is 1. The Hall–Kier alpha value is -1.62. The number of rotatable bonds is 5. The van der Waals surface area contributed by atoms with Crippen LogP contribution in [0.1, 0.15) is 45.8 Å². The number of aromatic nitrogens is 2. The van der Waals surface area contributed by atoms with Crippen LogP contribution >= 0.6 is 11.3 Å². The predicted octanol–water partition coefficient (Wildman–Crippen LogP) is 2.98. The second-order valence-corrected chi connectivity index (χ2v) is 5.95. The molecular formula is C15H21N3OS. The summed E-state index contributed by atoms with van der Waals surface area (Å²) in [6, 6.07) is 1.92. The average molecular weight is 291 g/mol. The van der Waals surface area contributed by atoms with Crippen LogP contribution in [0.2, 0.25) is 0 Å². The summed E-state index contributed by atoms with van der Waals surface area (Å²) in [4.78, 5) is 16.7. The quantitative estimate of drug-likeness (QED) is 0.920. The molecule has 108 valence electrons. The van der Waals surface area contributed by atoms with Gasteiger partial charge >= 0.3 is 0 Å². The number of thiazole rings is 1. The highest BCUT2D eigenvalue weighted by Gasteiger charge is 2.14. The van der Waals surface area contributed by atoms with Crippen molar-refractivity contribution >= 4 is 17.2 Å². The third kappa shape index (κ3) is 3.10. The minimum Gasteiger partial charge on any atom is -0.351 e. The minimum absolute atomic E-state index is 0.0313. The lowest BCUT2D eigenvalue weighted by molar-refractivity contribution is 0.0949. The van der Waals surface area contributed by atoms with E-state index in [9.17, 15) is 4.79 Å². The van der Waals surface area contributed by atoms with E-state index in [-0.39, 0.29) is 5.91 Å². The SMILES string of the molecule is CCCc1nc(CNC(=O)c2cc(C)n(C)c2C)cs1. The van der Waals surface area contributed by atoms with Crippen molar-refractivity contribution in [3.63, 3.8) is 0 Å². The van der Waals surface area contributed by atoms with Gasteiger partial charge in [-0.05, 0) is 32.8 Å². The molecule has 2 aromatic heterocycles. The van der Waals surface area contributed by atoms with Crippen LogP contribution in [0.15, 0.2) is 11.4 Å². The maximum atomic E-state index is 12.2. The Kier molecular flexibility index (Phi) is 4.60. The van der Waals surface area contributed by atoms with Crippen molar-refractivity contribution in [3.8, 4) is 0 Å². The van der Waals surface area contributed by atoms with E-state index in [1.165, 1.54) is 0 Å². The van der Waals surface area contributed by atoms with Crippen molar-refractivity contribution in [2.45, 2.75) is 40.2 Å². The molecule has 4 nitrogen and oxygen atoms in total. The highest BCUT2D eigenvalue weighted by molar-refractivity contribution is 7.09. The van der Waals surface area contributed by atoms with E-state index in [4.69, 9.17) is 0 Å². The van der Waals surface area contributed by atoms with E-state index in [2.05, 4.69) is 17.2 Å². The van der Waals surface area contributed by atoms with Gasteiger partial charge in [0.15, 0.2) is 0 Å². The van der Waals surface area contributed by atoms with Crippen LogP contribution in [0.25, 0.3) is 0 Å². The van der Waals surface area contributed by atoms with Gasteiger partial charge in [-0.15, -0.1) is 11.3 Å². The molecule has 5 heteroatoms. The summed E-state index contributed by atoms with van der Waals surface area (Å²) in [5.74, 6) is -0.0313. The summed E-state index contributed by atoms with van der Waals surface area (Å²) in [5.41, 5.74) is 3.77. The van der Waals surface area contributed by atoms with Gasteiger partial charge in [-0.3, -0.25) is 4.79 Å². The van der Waals surface area contributed by atoms with Gasteiger partial charge in [-0.25, -0.2) is 4.98 Å². The summed E-state index contributed by atoms with van der Waals surface area (Å²) in [6.45, 7) is 6.60. The Labute approximate surface area is 123 Å². The molecule has 1 N–H and O–H groups in total. The third-order valence-corrected chi connectivity index (χ3v) is 4.47. The number of hydrogen-bond donors (Lipinski definition) is 1. The van der Waals surface area contributed by atoms with Gasteiger partial charge in [0, 0.05) is 23.8 Å². The lowest BCUT2D eigenvalue weighted by atomic mass is 10.2. The molecule has 0 bridgehead atoms. The maximum Gasteiger partial charge on any atom is 0.253 e. The zero-order chi connectivity index (χ0) is 14.7. The molecule has 2 aromatic rings. The summed E-state index contributed by atoms with van der Waals surface area (Å²) in [6.07, 6.45) is 2.11. The fraction of sp³-hybridized carbons (Fsp3) is 0.467. The first-order valence-electron chi connectivity index (χ1n) is 6.87. The monoisotopic (exact) mass is 291 g/mol. The molecule has 20 heavy (non-hydrogen) atoms. The van der Waals surface area contributed by atoms with Crippen molar-refractivity contribution in [3.05, 3.63) is 39.1 Å². The van der Waals surface area contributed by atoms with Crippen molar-refractivity contribution in [1.29, 1.82) is 0 Å². The topological polar surface area (TPSA) is 46.9 Å². The smallest absolute Gasteiger partial charge is 0.253 e. The molecule has 0 atom stereocenters. The van der Waals surface area contributed by atoms with Crippen molar-refractivity contribution in [1.82, 2.24) is 14.9 Å². The molecule has 2 rings (SSSR count). The number of hydrogen-bond acceptors (Lipinski definition) is 3. The van der Waals surface area contributed by atoms with Crippen LogP contribution in [0, 0.1) is 13.8 Å². The van der Waals surface area contributed by atoms with Gasteiger partial charge < -0.3 is 9.88 Å². The Bertz CT molecular complexity index is 613. The van der Waals surface area contributed by atoms with Crippen LogP contribution in [0.5, 0.6) is 0 Å². The molecular weight excluding hydrogens is 270 g/mol. The van der Waals surface area contributed by atoms with Crippen LogP contribution in [-0.2, 0) is 20.0 Å². The highest BCUT2D eigenvalue weighted by Crippen LogP contribution is 2.14. The first-order valence-corrected chi connectivity index (χ1v) is 7.75. The van der Waals surface area contributed by atoms with Crippen LogP contribution in [-0.4, -0.2) is 15.5 Å². The number of nitrogens with zero attached hydrogens (tertiary/aromatic N) is 2. The van der Waals surface area contributed by atoms with E-state index in [0.29, 0.717) is 6.54 Å². The normalized spacial score (nSPS) is 10.8. The zero-order valence-corrected chi connectivity index (χ0v) is 13.3.